The van der Waals surface area contributed by atoms with Crippen LogP contribution in [0.3, 0.4) is 0 Å². The number of hydrogen-bond acceptors (Lipinski definition) is 4. The average molecular weight is 531 g/mol. The second-order valence-electron chi connectivity index (χ2n) is 8.02. The Morgan fingerprint density at radius 3 is 2.57 bits per heavy atom. The Morgan fingerprint density at radius 1 is 1.27 bits per heavy atom. The molecule has 168 valence electrons. The second kappa shape index (κ2) is 12.0. The van der Waals surface area contributed by atoms with Crippen molar-refractivity contribution in [2.45, 2.75) is 45.8 Å². The molecule has 1 aromatic carbocycles. The van der Waals surface area contributed by atoms with Gasteiger partial charge in [0, 0.05) is 38.8 Å². The van der Waals surface area contributed by atoms with E-state index in [-0.39, 0.29) is 42.0 Å². The molecule has 2 rings (SSSR count). The summed E-state index contributed by atoms with van der Waals surface area (Å²) in [5, 5.41) is 9.22. The van der Waals surface area contributed by atoms with Crippen molar-refractivity contribution >= 4 is 41.9 Å². The van der Waals surface area contributed by atoms with Gasteiger partial charge in [-0.05, 0) is 51.8 Å². The predicted octanol–water partition coefficient (Wildman–Crippen LogP) is 2.38. The van der Waals surface area contributed by atoms with Gasteiger partial charge < -0.3 is 25.6 Å². The van der Waals surface area contributed by atoms with Crippen molar-refractivity contribution in [1.82, 2.24) is 20.9 Å². The number of halogens is 1. The maximum Gasteiger partial charge on any atom is 0.410 e. The maximum atomic E-state index is 12.0. The van der Waals surface area contributed by atoms with Gasteiger partial charge in [-0.15, -0.1) is 24.0 Å². The molecule has 1 aliphatic heterocycles. The van der Waals surface area contributed by atoms with E-state index in [0.717, 1.165) is 24.5 Å². The molecule has 8 nitrogen and oxygen atoms in total. The summed E-state index contributed by atoms with van der Waals surface area (Å²) in [6.07, 6.45) is 0.448. The van der Waals surface area contributed by atoms with Crippen molar-refractivity contribution in [2.24, 2.45) is 4.99 Å². The third-order valence-corrected chi connectivity index (χ3v) is 4.30. The van der Waals surface area contributed by atoms with Crippen LogP contribution in [0.4, 0.5) is 4.79 Å². The molecule has 0 radical (unpaired) electrons. The molecule has 9 heteroatoms. The third kappa shape index (κ3) is 8.37. The lowest BCUT2D eigenvalue weighted by atomic mass is 10.1. The van der Waals surface area contributed by atoms with Gasteiger partial charge >= 0.3 is 6.09 Å². The lowest BCUT2D eigenvalue weighted by Crippen LogP contribution is -2.63. The molecule has 1 saturated heterocycles. The standard InChI is InChI=1S/C21H33N5O3.HI/c1-6-23-19(25-17-13-26(14-17)20(28)29-21(2,3)4)24-11-10-15-8-7-9-16(12-15)18(27)22-5;/h7-9,12,17H,6,10-11,13-14H2,1-5H3,(H,22,27)(H2,23,24,25);1H. The topological polar surface area (TPSA) is 95.1 Å². The minimum absolute atomic E-state index is 0. The molecule has 30 heavy (non-hydrogen) atoms. The molecule has 0 aliphatic carbocycles. The monoisotopic (exact) mass is 531 g/mol. The Hall–Kier alpha value is -2.04. The highest BCUT2D eigenvalue weighted by atomic mass is 127. The predicted molar refractivity (Wildman–Crippen MR) is 130 cm³/mol. The van der Waals surface area contributed by atoms with Crippen molar-refractivity contribution in [1.29, 1.82) is 0 Å². The summed E-state index contributed by atoms with van der Waals surface area (Å²) in [5.41, 5.74) is 1.22. The highest BCUT2D eigenvalue weighted by Crippen LogP contribution is 2.15. The van der Waals surface area contributed by atoms with Crippen molar-refractivity contribution < 1.29 is 14.3 Å². The van der Waals surface area contributed by atoms with E-state index >= 15 is 0 Å². The Kier molecular flexibility index (Phi) is 10.4. The zero-order chi connectivity index (χ0) is 21.4. The molecule has 0 atom stereocenters. The lowest BCUT2D eigenvalue weighted by Gasteiger charge is -2.40. The van der Waals surface area contributed by atoms with Crippen LogP contribution in [0.25, 0.3) is 0 Å². The first-order chi connectivity index (χ1) is 13.7. The lowest BCUT2D eigenvalue weighted by molar-refractivity contribution is 0.00700. The zero-order valence-electron chi connectivity index (χ0n) is 18.4. The molecule has 3 N–H and O–H groups in total. The summed E-state index contributed by atoms with van der Waals surface area (Å²) in [7, 11) is 1.62. The number of guanidine groups is 1. The van der Waals surface area contributed by atoms with E-state index in [1.54, 1.807) is 18.0 Å². The summed E-state index contributed by atoms with van der Waals surface area (Å²) in [6, 6.07) is 7.71. The normalized spacial score (nSPS) is 14.3. The van der Waals surface area contributed by atoms with E-state index in [4.69, 9.17) is 4.74 Å². The summed E-state index contributed by atoms with van der Waals surface area (Å²) >= 11 is 0. The first-order valence-corrected chi connectivity index (χ1v) is 10.1. The first kappa shape index (κ1) is 26.0. The van der Waals surface area contributed by atoms with Crippen molar-refractivity contribution in [3.05, 3.63) is 35.4 Å². The smallest absolute Gasteiger partial charge is 0.410 e. The molecule has 1 heterocycles. The Morgan fingerprint density at radius 2 is 1.97 bits per heavy atom. The van der Waals surface area contributed by atoms with Gasteiger partial charge in [-0.2, -0.15) is 0 Å². The van der Waals surface area contributed by atoms with Gasteiger partial charge in [-0.3, -0.25) is 9.79 Å². The maximum absolute atomic E-state index is 12.0. The zero-order valence-corrected chi connectivity index (χ0v) is 20.8. The van der Waals surface area contributed by atoms with E-state index in [9.17, 15) is 9.59 Å². The summed E-state index contributed by atoms with van der Waals surface area (Å²) in [5.74, 6) is 0.633. The highest BCUT2D eigenvalue weighted by molar-refractivity contribution is 14.0. The van der Waals surface area contributed by atoms with Gasteiger partial charge in [-0.25, -0.2) is 4.79 Å². The van der Waals surface area contributed by atoms with Gasteiger partial charge in [-0.1, -0.05) is 12.1 Å². The number of rotatable bonds is 6. The number of nitrogens with one attached hydrogen (secondary N) is 3. The van der Waals surface area contributed by atoms with Crippen LogP contribution >= 0.6 is 24.0 Å². The van der Waals surface area contributed by atoms with Crippen LogP contribution < -0.4 is 16.0 Å². The summed E-state index contributed by atoms with van der Waals surface area (Å²) in [4.78, 5) is 30.1. The fraction of sp³-hybridized carbons (Fsp3) is 0.571. The van der Waals surface area contributed by atoms with Crippen molar-refractivity contribution in [2.75, 3.05) is 33.2 Å². The fourth-order valence-electron chi connectivity index (χ4n) is 2.87. The number of aliphatic imine (C=N–C) groups is 1. The van der Waals surface area contributed by atoms with Gasteiger partial charge in [0.05, 0.1) is 6.04 Å². The molecule has 0 unspecified atom stereocenters. The molecular weight excluding hydrogens is 497 g/mol. The molecule has 0 bridgehead atoms. The molecule has 1 aliphatic rings. The molecular formula is C21H34IN5O3. The third-order valence-electron chi connectivity index (χ3n) is 4.30. The van der Waals surface area contributed by atoms with Crippen LogP contribution in [-0.2, 0) is 11.2 Å². The molecule has 0 spiro atoms. The minimum atomic E-state index is -0.485. The first-order valence-electron chi connectivity index (χ1n) is 10.1. The number of likely N-dealkylation sites (tertiary alicyclic amines) is 1. The van der Waals surface area contributed by atoms with E-state index in [0.29, 0.717) is 25.2 Å². The van der Waals surface area contributed by atoms with E-state index in [1.165, 1.54) is 0 Å². The van der Waals surface area contributed by atoms with E-state index in [1.807, 2.05) is 45.9 Å². The Balaban J connectivity index is 0.00000450. The van der Waals surface area contributed by atoms with Crippen LogP contribution in [0.15, 0.2) is 29.3 Å². The Bertz CT molecular complexity index is 742. The van der Waals surface area contributed by atoms with Crippen molar-refractivity contribution in [3.8, 4) is 0 Å². The quantitative estimate of drug-likeness (QED) is 0.298. The molecule has 0 saturated carbocycles. The number of benzene rings is 1. The van der Waals surface area contributed by atoms with Crippen LogP contribution in [0.5, 0.6) is 0 Å². The number of nitrogens with zero attached hydrogens (tertiary/aromatic N) is 2. The van der Waals surface area contributed by atoms with E-state index in [2.05, 4.69) is 20.9 Å². The SMILES string of the molecule is CCNC(=NCCc1cccc(C(=O)NC)c1)NC1CN(C(=O)OC(C)(C)C)C1.I. The second-order valence-corrected chi connectivity index (χ2v) is 8.02. The van der Waals surface area contributed by atoms with Crippen LogP contribution in [0.2, 0.25) is 0 Å². The van der Waals surface area contributed by atoms with Crippen LogP contribution in [0, 0.1) is 0 Å². The molecule has 1 fully saturated rings. The summed E-state index contributed by atoms with van der Waals surface area (Å²) < 4.78 is 5.38. The molecule has 0 aromatic heterocycles. The molecule has 1 aromatic rings. The molecule has 2 amide bonds. The van der Waals surface area contributed by atoms with Crippen molar-refractivity contribution in [3.63, 3.8) is 0 Å². The Labute approximate surface area is 196 Å². The number of hydrogen-bond donors (Lipinski definition) is 3. The van der Waals surface area contributed by atoms with Crippen LogP contribution in [0.1, 0.15) is 43.6 Å². The van der Waals surface area contributed by atoms with Gasteiger partial charge in [0.25, 0.3) is 5.91 Å². The minimum Gasteiger partial charge on any atom is -0.444 e. The average Bonchev–Trinajstić information content (AvgIpc) is 2.62. The van der Waals surface area contributed by atoms with Gasteiger partial charge in [0.15, 0.2) is 5.96 Å². The number of carbonyl (C=O) groups is 2. The highest BCUT2D eigenvalue weighted by Gasteiger charge is 2.34. The summed E-state index contributed by atoms with van der Waals surface area (Å²) in [6.45, 7) is 10.1. The van der Waals surface area contributed by atoms with Gasteiger partial charge in [0.2, 0.25) is 0 Å². The number of ether oxygens (including phenoxy) is 1. The number of carbonyl (C=O) groups excluding carboxylic acids is 2. The number of amides is 2. The fourth-order valence-corrected chi connectivity index (χ4v) is 2.87. The van der Waals surface area contributed by atoms with Gasteiger partial charge in [0.1, 0.15) is 5.60 Å². The largest absolute Gasteiger partial charge is 0.444 e. The van der Waals surface area contributed by atoms with E-state index < -0.39 is 5.60 Å². The van der Waals surface area contributed by atoms with Crippen LogP contribution in [-0.4, -0.2) is 67.7 Å².